The minimum absolute atomic E-state index is 0.230. The summed E-state index contributed by atoms with van der Waals surface area (Å²) in [5.74, 6) is -0.693. The van der Waals surface area contributed by atoms with Crippen LogP contribution < -0.4 is 4.67 Å². The van der Waals surface area contributed by atoms with Crippen molar-refractivity contribution in [1.29, 1.82) is 0 Å². The summed E-state index contributed by atoms with van der Waals surface area (Å²) >= 11 is 0. The van der Waals surface area contributed by atoms with Gasteiger partial charge in [-0.05, 0) is 37.6 Å². The molecule has 0 spiro atoms. The van der Waals surface area contributed by atoms with Crippen LogP contribution in [0.2, 0.25) is 0 Å². The SMILES string of the molecule is Cc1cc(C)c(/C=C2\C(=O)N(P(=O)(O)O)c3ccccc32)[nH]1. The lowest BCUT2D eigenvalue weighted by Gasteiger charge is -2.17. The standard InChI is InChI=1S/C15H15N2O4P/c1-9-7-10(2)16-13(9)8-12-11-5-3-4-6-14(11)17(15(12)18)22(19,20)21/h3-8,16H,1-2H3,(H2,19,20,21)/b12-8-. The van der Waals surface area contributed by atoms with Crippen LogP contribution in [-0.4, -0.2) is 20.7 Å². The van der Waals surface area contributed by atoms with Crippen molar-refractivity contribution in [2.24, 2.45) is 0 Å². The van der Waals surface area contributed by atoms with Gasteiger partial charge in [-0.2, -0.15) is 0 Å². The molecule has 22 heavy (non-hydrogen) atoms. The number of amides is 1. The van der Waals surface area contributed by atoms with Gasteiger partial charge in [0.25, 0.3) is 5.91 Å². The number of carbonyl (C=O) groups is 1. The minimum atomic E-state index is -4.72. The average Bonchev–Trinajstić information content (AvgIpc) is 2.87. The van der Waals surface area contributed by atoms with Crippen LogP contribution in [-0.2, 0) is 9.36 Å². The third-order valence-corrected chi connectivity index (χ3v) is 4.50. The molecule has 0 radical (unpaired) electrons. The van der Waals surface area contributed by atoms with Crippen LogP contribution in [0.5, 0.6) is 0 Å². The summed E-state index contributed by atoms with van der Waals surface area (Å²) < 4.78 is 12.2. The molecule has 1 amide bonds. The Hall–Kier alpha value is -2.14. The van der Waals surface area contributed by atoms with E-state index in [1.165, 1.54) is 6.07 Å². The fraction of sp³-hybridized carbons (Fsp3) is 0.133. The van der Waals surface area contributed by atoms with E-state index in [0.29, 0.717) is 10.2 Å². The van der Waals surface area contributed by atoms with Gasteiger partial charge in [0.05, 0.1) is 11.3 Å². The fourth-order valence-electron chi connectivity index (χ4n) is 2.67. The summed E-state index contributed by atoms with van der Waals surface area (Å²) in [6.07, 6.45) is 1.64. The van der Waals surface area contributed by atoms with Gasteiger partial charge in [-0.15, -0.1) is 0 Å². The molecule has 6 nitrogen and oxygen atoms in total. The maximum atomic E-state index is 12.5. The van der Waals surface area contributed by atoms with Crippen molar-refractivity contribution < 1.29 is 19.1 Å². The highest BCUT2D eigenvalue weighted by molar-refractivity contribution is 7.55. The number of para-hydroxylation sites is 1. The van der Waals surface area contributed by atoms with E-state index in [2.05, 4.69) is 4.98 Å². The normalized spacial score (nSPS) is 16.5. The third kappa shape index (κ3) is 2.31. The van der Waals surface area contributed by atoms with Crippen molar-refractivity contribution in [2.75, 3.05) is 4.67 Å². The van der Waals surface area contributed by atoms with Crippen molar-refractivity contribution in [3.63, 3.8) is 0 Å². The zero-order valence-electron chi connectivity index (χ0n) is 12.1. The van der Waals surface area contributed by atoms with E-state index in [9.17, 15) is 19.1 Å². The summed E-state index contributed by atoms with van der Waals surface area (Å²) in [6.45, 7) is 3.81. The van der Waals surface area contributed by atoms with E-state index >= 15 is 0 Å². The summed E-state index contributed by atoms with van der Waals surface area (Å²) in [5, 5.41) is 0. The molecule has 1 aliphatic heterocycles. The monoisotopic (exact) mass is 318 g/mol. The molecule has 3 N–H and O–H groups in total. The largest absolute Gasteiger partial charge is 0.437 e. The molecule has 2 heterocycles. The average molecular weight is 318 g/mol. The number of hydrogen-bond donors (Lipinski definition) is 3. The molecule has 0 saturated carbocycles. The highest BCUT2D eigenvalue weighted by Gasteiger charge is 2.42. The second kappa shape index (κ2) is 4.95. The van der Waals surface area contributed by atoms with Crippen LogP contribution in [0.1, 0.15) is 22.5 Å². The molecule has 0 fully saturated rings. The van der Waals surface area contributed by atoms with Crippen LogP contribution in [0.3, 0.4) is 0 Å². The van der Waals surface area contributed by atoms with E-state index in [4.69, 9.17) is 0 Å². The van der Waals surface area contributed by atoms with Crippen LogP contribution in [0.4, 0.5) is 5.69 Å². The van der Waals surface area contributed by atoms with Crippen molar-refractivity contribution >= 4 is 31.0 Å². The summed E-state index contributed by atoms with van der Waals surface area (Å²) in [6, 6.07) is 8.52. The van der Waals surface area contributed by atoms with Gasteiger partial charge in [0.15, 0.2) is 0 Å². The van der Waals surface area contributed by atoms with Gasteiger partial charge in [0, 0.05) is 17.0 Å². The van der Waals surface area contributed by atoms with Crippen molar-refractivity contribution in [3.05, 3.63) is 52.8 Å². The Morgan fingerprint density at radius 3 is 2.50 bits per heavy atom. The van der Waals surface area contributed by atoms with Gasteiger partial charge in [0.1, 0.15) is 0 Å². The first-order chi connectivity index (χ1) is 10.3. The summed E-state index contributed by atoms with van der Waals surface area (Å²) in [5.41, 5.74) is 3.68. The molecule has 3 rings (SSSR count). The number of carbonyl (C=O) groups excluding carboxylic acids is 1. The number of aryl methyl sites for hydroxylation is 2. The number of aromatic amines is 1. The number of nitrogens with one attached hydrogen (secondary N) is 1. The lowest BCUT2D eigenvalue weighted by atomic mass is 10.1. The van der Waals surface area contributed by atoms with Gasteiger partial charge in [-0.25, -0.2) is 9.24 Å². The van der Waals surface area contributed by atoms with Gasteiger partial charge in [0.2, 0.25) is 0 Å². The molecule has 1 aromatic heterocycles. The van der Waals surface area contributed by atoms with Gasteiger partial charge in [-0.3, -0.25) is 4.79 Å². The number of H-pyrrole nitrogens is 1. The first kappa shape index (κ1) is 14.8. The number of rotatable bonds is 2. The van der Waals surface area contributed by atoms with Crippen molar-refractivity contribution in [1.82, 2.24) is 4.98 Å². The molecule has 114 valence electrons. The molecule has 0 aliphatic carbocycles. The Morgan fingerprint density at radius 1 is 1.23 bits per heavy atom. The summed E-state index contributed by atoms with van der Waals surface area (Å²) in [7, 11) is -4.72. The topological polar surface area (TPSA) is 93.6 Å². The predicted octanol–water partition coefficient (Wildman–Crippen LogP) is 2.61. The molecule has 1 aromatic carbocycles. The number of aromatic nitrogens is 1. The summed E-state index contributed by atoms with van der Waals surface area (Å²) in [4.78, 5) is 34.5. The van der Waals surface area contributed by atoms with Crippen LogP contribution in [0, 0.1) is 13.8 Å². The van der Waals surface area contributed by atoms with Gasteiger partial charge in [-0.1, -0.05) is 18.2 Å². The Balaban J connectivity index is 2.20. The fourth-order valence-corrected chi connectivity index (χ4v) is 3.47. The molecule has 1 aliphatic rings. The zero-order valence-corrected chi connectivity index (χ0v) is 13.0. The Bertz CT molecular complexity index is 847. The number of anilines is 1. The van der Waals surface area contributed by atoms with E-state index in [1.807, 2.05) is 19.9 Å². The molecular formula is C15H15N2O4P. The van der Waals surface area contributed by atoms with E-state index in [-0.39, 0.29) is 11.3 Å². The predicted molar refractivity (Wildman–Crippen MR) is 84.1 cm³/mol. The van der Waals surface area contributed by atoms with Crippen molar-refractivity contribution in [3.8, 4) is 0 Å². The molecule has 0 unspecified atom stereocenters. The molecule has 0 saturated heterocycles. The maximum Gasteiger partial charge on any atom is 0.437 e. The minimum Gasteiger partial charge on any atom is -0.359 e. The van der Waals surface area contributed by atoms with Gasteiger partial charge >= 0.3 is 7.75 Å². The quantitative estimate of drug-likeness (QED) is 0.586. The lowest BCUT2D eigenvalue weighted by Crippen LogP contribution is -2.22. The van der Waals surface area contributed by atoms with Crippen LogP contribution in [0.15, 0.2) is 30.3 Å². The lowest BCUT2D eigenvalue weighted by molar-refractivity contribution is -0.112. The molecular weight excluding hydrogens is 303 g/mol. The van der Waals surface area contributed by atoms with E-state index in [1.54, 1.807) is 24.3 Å². The number of nitrogens with zero attached hydrogens (tertiary/aromatic N) is 1. The van der Waals surface area contributed by atoms with Gasteiger partial charge < -0.3 is 14.8 Å². The van der Waals surface area contributed by atoms with Crippen LogP contribution in [0.25, 0.3) is 11.6 Å². The highest BCUT2D eigenvalue weighted by atomic mass is 31.2. The Morgan fingerprint density at radius 2 is 1.91 bits per heavy atom. The maximum absolute atomic E-state index is 12.5. The second-order valence-corrected chi connectivity index (χ2v) is 6.68. The zero-order chi connectivity index (χ0) is 16.1. The smallest absolute Gasteiger partial charge is 0.359 e. The molecule has 0 bridgehead atoms. The Kier molecular flexibility index (Phi) is 3.33. The Labute approximate surface area is 127 Å². The first-order valence-electron chi connectivity index (χ1n) is 6.67. The van der Waals surface area contributed by atoms with E-state index in [0.717, 1.165) is 17.0 Å². The van der Waals surface area contributed by atoms with Crippen molar-refractivity contribution in [2.45, 2.75) is 13.8 Å². The number of hydrogen-bond acceptors (Lipinski definition) is 2. The molecule has 2 aromatic rings. The molecule has 0 atom stereocenters. The number of fused-ring (bicyclic) bond motifs is 1. The molecule has 7 heteroatoms. The third-order valence-electron chi connectivity index (χ3n) is 3.58. The van der Waals surface area contributed by atoms with E-state index < -0.39 is 13.7 Å². The first-order valence-corrected chi connectivity index (χ1v) is 8.23. The second-order valence-electron chi connectivity index (χ2n) is 5.25. The highest BCUT2D eigenvalue weighted by Crippen LogP contribution is 2.52. The van der Waals surface area contributed by atoms with Crippen LogP contribution >= 0.6 is 7.75 Å². The number of benzene rings is 1.